The van der Waals surface area contributed by atoms with E-state index in [0.29, 0.717) is 31.2 Å². The first-order valence-electron chi connectivity index (χ1n) is 9.42. The standard InChI is InChI=1S/C22H24N4O3/c1-3-29-18-9-7-17(8-10-18)25-22-24-14-12-20(26-22)21(27)23-13-11-16-5-4-6-19(15-16)28-2/h4-10,12,14-15H,3,11,13H2,1-2H3,(H,23,27)(H,24,25,26). The number of ether oxygens (including phenoxy) is 2. The zero-order valence-electron chi connectivity index (χ0n) is 16.5. The number of nitrogens with one attached hydrogen (secondary N) is 2. The van der Waals surface area contributed by atoms with E-state index in [-0.39, 0.29) is 5.91 Å². The summed E-state index contributed by atoms with van der Waals surface area (Å²) in [6, 6.07) is 16.8. The third-order valence-electron chi connectivity index (χ3n) is 4.14. The van der Waals surface area contributed by atoms with Crippen LogP contribution in [0.2, 0.25) is 0 Å². The van der Waals surface area contributed by atoms with Crippen LogP contribution in [0.1, 0.15) is 23.0 Å². The average Bonchev–Trinajstić information content (AvgIpc) is 2.75. The molecule has 0 bridgehead atoms. The number of methoxy groups -OCH3 is 1. The SMILES string of the molecule is CCOc1ccc(Nc2nccc(C(=O)NCCc3cccc(OC)c3)n2)cc1. The van der Waals surface area contributed by atoms with Gasteiger partial charge in [-0.25, -0.2) is 9.97 Å². The highest BCUT2D eigenvalue weighted by Crippen LogP contribution is 2.18. The van der Waals surface area contributed by atoms with E-state index in [0.717, 1.165) is 22.7 Å². The largest absolute Gasteiger partial charge is 0.497 e. The van der Waals surface area contributed by atoms with Gasteiger partial charge in [0, 0.05) is 18.4 Å². The van der Waals surface area contributed by atoms with Gasteiger partial charge in [0.15, 0.2) is 0 Å². The summed E-state index contributed by atoms with van der Waals surface area (Å²) in [5.74, 6) is 1.71. The molecule has 150 valence electrons. The van der Waals surface area contributed by atoms with Crippen molar-refractivity contribution in [1.82, 2.24) is 15.3 Å². The molecule has 0 radical (unpaired) electrons. The minimum Gasteiger partial charge on any atom is -0.497 e. The van der Waals surface area contributed by atoms with Crippen LogP contribution in [-0.4, -0.2) is 36.1 Å². The molecule has 0 fully saturated rings. The van der Waals surface area contributed by atoms with E-state index < -0.39 is 0 Å². The normalized spacial score (nSPS) is 10.3. The molecule has 7 heteroatoms. The van der Waals surface area contributed by atoms with Gasteiger partial charge in [-0.1, -0.05) is 12.1 Å². The van der Waals surface area contributed by atoms with Crippen molar-refractivity contribution in [1.29, 1.82) is 0 Å². The maximum absolute atomic E-state index is 12.4. The maximum atomic E-state index is 12.4. The molecular weight excluding hydrogens is 368 g/mol. The van der Waals surface area contributed by atoms with Gasteiger partial charge in [0.25, 0.3) is 5.91 Å². The van der Waals surface area contributed by atoms with E-state index in [2.05, 4.69) is 20.6 Å². The first-order valence-corrected chi connectivity index (χ1v) is 9.42. The zero-order chi connectivity index (χ0) is 20.5. The molecule has 0 aliphatic heterocycles. The molecule has 7 nitrogen and oxygen atoms in total. The first-order chi connectivity index (χ1) is 14.2. The molecule has 3 rings (SSSR count). The minimum absolute atomic E-state index is 0.245. The van der Waals surface area contributed by atoms with Crippen LogP contribution in [0.15, 0.2) is 60.8 Å². The lowest BCUT2D eigenvalue weighted by atomic mass is 10.1. The molecule has 0 saturated heterocycles. The van der Waals surface area contributed by atoms with Crippen molar-refractivity contribution in [2.45, 2.75) is 13.3 Å². The lowest BCUT2D eigenvalue weighted by Crippen LogP contribution is -2.26. The summed E-state index contributed by atoms with van der Waals surface area (Å²) >= 11 is 0. The van der Waals surface area contributed by atoms with Crippen molar-refractivity contribution in [3.8, 4) is 11.5 Å². The van der Waals surface area contributed by atoms with Crippen LogP contribution in [0.5, 0.6) is 11.5 Å². The van der Waals surface area contributed by atoms with Gasteiger partial charge in [0.2, 0.25) is 5.95 Å². The Hall–Kier alpha value is -3.61. The fraction of sp³-hybridized carbons (Fsp3) is 0.227. The second-order valence-electron chi connectivity index (χ2n) is 6.21. The summed E-state index contributed by atoms with van der Waals surface area (Å²) in [5, 5.41) is 5.97. The second-order valence-corrected chi connectivity index (χ2v) is 6.21. The number of hydrogen-bond acceptors (Lipinski definition) is 6. The van der Waals surface area contributed by atoms with Gasteiger partial charge >= 0.3 is 0 Å². The number of aromatic nitrogens is 2. The van der Waals surface area contributed by atoms with Gasteiger partial charge in [-0.2, -0.15) is 0 Å². The molecule has 0 unspecified atom stereocenters. The number of anilines is 2. The first kappa shape index (κ1) is 20.1. The maximum Gasteiger partial charge on any atom is 0.270 e. The van der Waals surface area contributed by atoms with Crippen LogP contribution in [-0.2, 0) is 6.42 Å². The highest BCUT2D eigenvalue weighted by Gasteiger charge is 2.09. The van der Waals surface area contributed by atoms with Crippen molar-refractivity contribution in [3.05, 3.63) is 72.1 Å². The Bertz CT molecular complexity index is 945. The van der Waals surface area contributed by atoms with E-state index in [1.165, 1.54) is 0 Å². The molecule has 1 heterocycles. The smallest absolute Gasteiger partial charge is 0.270 e. The highest BCUT2D eigenvalue weighted by atomic mass is 16.5. The van der Waals surface area contributed by atoms with Crippen molar-refractivity contribution in [3.63, 3.8) is 0 Å². The molecule has 0 atom stereocenters. The Morgan fingerprint density at radius 2 is 1.90 bits per heavy atom. The van der Waals surface area contributed by atoms with Crippen LogP contribution in [0.4, 0.5) is 11.6 Å². The van der Waals surface area contributed by atoms with Crippen LogP contribution in [0.25, 0.3) is 0 Å². The van der Waals surface area contributed by atoms with Gasteiger partial charge in [-0.15, -0.1) is 0 Å². The lowest BCUT2D eigenvalue weighted by molar-refractivity contribution is 0.0949. The third kappa shape index (κ3) is 5.93. The average molecular weight is 392 g/mol. The predicted molar refractivity (Wildman–Crippen MR) is 112 cm³/mol. The van der Waals surface area contributed by atoms with Crippen LogP contribution < -0.4 is 20.1 Å². The number of hydrogen-bond donors (Lipinski definition) is 2. The fourth-order valence-electron chi connectivity index (χ4n) is 2.71. The second kappa shape index (κ2) is 10.1. The molecule has 2 N–H and O–H groups in total. The molecule has 29 heavy (non-hydrogen) atoms. The monoisotopic (exact) mass is 392 g/mol. The molecule has 0 spiro atoms. The Labute approximate surface area is 170 Å². The van der Waals surface area contributed by atoms with Crippen molar-refractivity contribution in [2.75, 3.05) is 25.6 Å². The number of benzene rings is 2. The van der Waals surface area contributed by atoms with Gasteiger partial charge in [-0.05, 0) is 61.4 Å². The van der Waals surface area contributed by atoms with Crippen molar-refractivity contribution >= 4 is 17.5 Å². The topological polar surface area (TPSA) is 85.4 Å². The Kier molecular flexibility index (Phi) is 7.00. The van der Waals surface area contributed by atoms with Gasteiger partial charge < -0.3 is 20.1 Å². The predicted octanol–water partition coefficient (Wildman–Crippen LogP) is 3.60. The third-order valence-corrected chi connectivity index (χ3v) is 4.14. The molecule has 0 saturated carbocycles. The van der Waals surface area contributed by atoms with E-state index in [4.69, 9.17) is 9.47 Å². The number of carbonyl (C=O) groups is 1. The summed E-state index contributed by atoms with van der Waals surface area (Å²) in [5.41, 5.74) is 2.20. The Morgan fingerprint density at radius 3 is 2.66 bits per heavy atom. The van der Waals surface area contributed by atoms with Crippen molar-refractivity contribution < 1.29 is 14.3 Å². The Balaban J connectivity index is 1.55. The Morgan fingerprint density at radius 1 is 1.07 bits per heavy atom. The molecule has 0 aliphatic rings. The number of amides is 1. The quantitative estimate of drug-likeness (QED) is 0.579. The van der Waals surface area contributed by atoms with E-state index in [1.54, 1.807) is 19.4 Å². The van der Waals surface area contributed by atoms with Gasteiger partial charge in [-0.3, -0.25) is 4.79 Å². The van der Waals surface area contributed by atoms with Gasteiger partial charge in [0.1, 0.15) is 17.2 Å². The van der Waals surface area contributed by atoms with Crippen LogP contribution in [0, 0.1) is 0 Å². The molecule has 1 amide bonds. The number of carbonyl (C=O) groups excluding carboxylic acids is 1. The van der Waals surface area contributed by atoms with Gasteiger partial charge in [0.05, 0.1) is 13.7 Å². The summed E-state index contributed by atoms with van der Waals surface area (Å²) in [7, 11) is 1.63. The number of nitrogens with zero attached hydrogens (tertiary/aromatic N) is 2. The fourth-order valence-corrected chi connectivity index (χ4v) is 2.71. The molecular formula is C22H24N4O3. The lowest BCUT2D eigenvalue weighted by Gasteiger charge is -2.09. The molecule has 1 aromatic heterocycles. The molecule has 0 aliphatic carbocycles. The summed E-state index contributed by atoms with van der Waals surface area (Å²) in [6.45, 7) is 3.05. The molecule has 3 aromatic rings. The van der Waals surface area contributed by atoms with Crippen LogP contribution in [0.3, 0.4) is 0 Å². The summed E-state index contributed by atoms with van der Waals surface area (Å²) in [4.78, 5) is 20.9. The summed E-state index contributed by atoms with van der Waals surface area (Å²) in [6.07, 6.45) is 2.26. The van der Waals surface area contributed by atoms with E-state index in [9.17, 15) is 4.79 Å². The minimum atomic E-state index is -0.245. The van der Waals surface area contributed by atoms with E-state index >= 15 is 0 Å². The van der Waals surface area contributed by atoms with E-state index in [1.807, 2.05) is 55.5 Å². The van der Waals surface area contributed by atoms with Crippen LogP contribution >= 0.6 is 0 Å². The highest BCUT2D eigenvalue weighted by molar-refractivity contribution is 5.92. The number of rotatable bonds is 9. The summed E-state index contributed by atoms with van der Waals surface area (Å²) < 4.78 is 10.6. The van der Waals surface area contributed by atoms with Crippen molar-refractivity contribution in [2.24, 2.45) is 0 Å². The molecule has 2 aromatic carbocycles. The zero-order valence-corrected chi connectivity index (χ0v) is 16.5.